The van der Waals surface area contributed by atoms with Crippen molar-refractivity contribution in [2.45, 2.75) is 60.4 Å². The summed E-state index contributed by atoms with van der Waals surface area (Å²) in [6, 6.07) is 8.27. The number of ketones is 1. The number of nitrogens with one attached hydrogen (secondary N) is 3. The van der Waals surface area contributed by atoms with Crippen LogP contribution in [0.4, 0.5) is 0 Å². The largest absolute Gasteiger partial charge is 0.347 e. The predicted molar refractivity (Wildman–Crippen MR) is 134 cm³/mol. The van der Waals surface area contributed by atoms with Crippen molar-refractivity contribution in [3.63, 3.8) is 0 Å². The molecule has 3 amide bonds. The summed E-state index contributed by atoms with van der Waals surface area (Å²) in [4.78, 5) is 52.2. The Kier molecular flexibility index (Phi) is 11.8. The van der Waals surface area contributed by atoms with Gasteiger partial charge in [0.2, 0.25) is 17.7 Å². The lowest BCUT2D eigenvalue weighted by Gasteiger charge is -2.42. The first-order valence-electron chi connectivity index (χ1n) is 11.9. The van der Waals surface area contributed by atoms with E-state index >= 15 is 0 Å². The maximum atomic E-state index is 14.1. The van der Waals surface area contributed by atoms with Crippen LogP contribution < -0.4 is 22.1 Å². The maximum Gasteiger partial charge on any atom is 0.248 e. The molecule has 0 heterocycles. The molecule has 0 aliphatic carbocycles. The van der Waals surface area contributed by atoms with Gasteiger partial charge < -0.3 is 5.32 Å². The second-order valence-corrected chi connectivity index (χ2v) is 9.87. The molecule has 0 fully saturated rings. The summed E-state index contributed by atoms with van der Waals surface area (Å²) in [7, 11) is 0. The SMILES string of the molecule is CC(=O)N[C@H](C)C(=O)C(/C=C/c1ccccc1)(CC(C)C)[C@@H](C(=O)NO)[C@@H](CC(C)C)C(=O)NN. The third kappa shape index (κ3) is 8.29. The van der Waals surface area contributed by atoms with Crippen LogP contribution in [0, 0.1) is 29.1 Å². The Balaban J connectivity index is 3.97. The number of hydroxylamine groups is 1. The van der Waals surface area contributed by atoms with Crippen LogP contribution in [0.2, 0.25) is 0 Å². The van der Waals surface area contributed by atoms with Crippen LogP contribution in [0.25, 0.3) is 6.08 Å². The Morgan fingerprint density at radius 3 is 2.06 bits per heavy atom. The molecule has 9 nitrogen and oxygen atoms in total. The zero-order chi connectivity index (χ0) is 26.8. The molecule has 1 aromatic rings. The second-order valence-electron chi connectivity index (χ2n) is 9.87. The van der Waals surface area contributed by atoms with Crippen molar-refractivity contribution in [1.29, 1.82) is 0 Å². The molecule has 0 spiro atoms. The fraction of sp³-hybridized carbons (Fsp3) is 0.538. The Bertz CT molecular complexity index is 900. The third-order valence-corrected chi connectivity index (χ3v) is 5.94. The molecule has 1 unspecified atom stereocenters. The van der Waals surface area contributed by atoms with Crippen molar-refractivity contribution in [2.75, 3.05) is 0 Å². The van der Waals surface area contributed by atoms with Gasteiger partial charge in [-0.25, -0.2) is 11.3 Å². The monoisotopic (exact) mass is 488 g/mol. The van der Waals surface area contributed by atoms with Gasteiger partial charge in [-0.05, 0) is 37.2 Å². The van der Waals surface area contributed by atoms with Crippen LogP contribution in [-0.4, -0.2) is 34.8 Å². The normalized spacial score (nSPS) is 15.8. The van der Waals surface area contributed by atoms with Crippen molar-refractivity contribution in [3.05, 3.63) is 42.0 Å². The summed E-state index contributed by atoms with van der Waals surface area (Å²) in [5.41, 5.74) is 3.03. The number of benzene rings is 1. The minimum Gasteiger partial charge on any atom is -0.347 e. The van der Waals surface area contributed by atoms with Crippen molar-refractivity contribution in [2.24, 2.45) is 34.9 Å². The van der Waals surface area contributed by atoms with Gasteiger partial charge in [0.05, 0.1) is 23.3 Å². The van der Waals surface area contributed by atoms with E-state index in [1.807, 2.05) is 58.0 Å². The molecular weight excluding hydrogens is 448 g/mol. The van der Waals surface area contributed by atoms with Crippen LogP contribution in [-0.2, 0) is 19.2 Å². The number of carbonyl (C=O) groups is 4. The van der Waals surface area contributed by atoms with Crippen molar-refractivity contribution >= 4 is 29.6 Å². The lowest BCUT2D eigenvalue weighted by atomic mass is 9.60. The van der Waals surface area contributed by atoms with Crippen molar-refractivity contribution in [1.82, 2.24) is 16.2 Å². The summed E-state index contributed by atoms with van der Waals surface area (Å²) in [6.07, 6.45) is 3.79. The van der Waals surface area contributed by atoms with E-state index in [9.17, 15) is 24.4 Å². The molecule has 0 aliphatic rings. The minimum atomic E-state index is -1.55. The molecule has 6 N–H and O–H groups in total. The Labute approximate surface area is 207 Å². The first-order valence-corrected chi connectivity index (χ1v) is 11.9. The van der Waals surface area contributed by atoms with E-state index in [1.165, 1.54) is 6.92 Å². The van der Waals surface area contributed by atoms with Gasteiger partial charge in [-0.2, -0.15) is 0 Å². The molecule has 1 rings (SSSR count). The molecule has 9 heteroatoms. The topological polar surface area (TPSA) is 151 Å². The highest BCUT2D eigenvalue weighted by Crippen LogP contribution is 2.45. The zero-order valence-corrected chi connectivity index (χ0v) is 21.5. The summed E-state index contributed by atoms with van der Waals surface area (Å²) in [6.45, 7) is 10.4. The quantitative estimate of drug-likeness (QED) is 0.125. The summed E-state index contributed by atoms with van der Waals surface area (Å²) in [5.74, 6) is 0.708. The molecule has 1 aromatic carbocycles. The standard InChI is InChI=1S/C26H40N4O5/c1-16(2)14-21(24(33)29-27)22(25(34)30-35)26(15-17(3)4,23(32)18(5)28-19(6)31)13-12-20-10-8-7-9-11-20/h7-13,16-18,21-22,35H,14-15,27H2,1-6H3,(H,28,31)(H,29,33)(H,30,34)/b13-12+/t18-,21-,22-,26?/m1/s1. The van der Waals surface area contributed by atoms with Gasteiger partial charge in [0, 0.05) is 6.92 Å². The average molecular weight is 489 g/mol. The van der Waals surface area contributed by atoms with Crippen LogP contribution in [0.15, 0.2) is 36.4 Å². The molecule has 0 saturated carbocycles. The Morgan fingerprint density at radius 1 is 1.00 bits per heavy atom. The number of hydrazine groups is 1. The van der Waals surface area contributed by atoms with Crippen LogP contribution in [0.1, 0.15) is 59.9 Å². The van der Waals surface area contributed by atoms with Gasteiger partial charge >= 0.3 is 0 Å². The molecule has 0 aromatic heterocycles. The Morgan fingerprint density at radius 2 is 1.60 bits per heavy atom. The summed E-state index contributed by atoms with van der Waals surface area (Å²) < 4.78 is 0. The van der Waals surface area contributed by atoms with Crippen molar-refractivity contribution in [3.8, 4) is 0 Å². The van der Waals surface area contributed by atoms with Crippen molar-refractivity contribution < 1.29 is 24.4 Å². The van der Waals surface area contributed by atoms with Gasteiger partial charge in [0.1, 0.15) is 0 Å². The number of nitrogens with two attached hydrogens (primary N) is 1. The lowest BCUT2D eigenvalue weighted by Crippen LogP contribution is -2.57. The highest BCUT2D eigenvalue weighted by Gasteiger charge is 2.53. The molecular formula is C26H40N4O5. The van der Waals surface area contributed by atoms with E-state index in [0.29, 0.717) is 0 Å². The molecule has 194 valence electrons. The van der Waals surface area contributed by atoms with E-state index in [2.05, 4.69) is 10.7 Å². The van der Waals surface area contributed by atoms with Crippen LogP contribution in [0.3, 0.4) is 0 Å². The van der Waals surface area contributed by atoms with Gasteiger partial charge in [-0.1, -0.05) is 70.2 Å². The van der Waals surface area contributed by atoms with Gasteiger partial charge in [0.25, 0.3) is 0 Å². The molecule has 0 bridgehead atoms. The number of carbonyl (C=O) groups excluding carboxylic acids is 4. The van der Waals surface area contributed by atoms with E-state index in [-0.39, 0.29) is 24.7 Å². The highest BCUT2D eigenvalue weighted by atomic mass is 16.5. The van der Waals surface area contributed by atoms with Crippen LogP contribution >= 0.6 is 0 Å². The third-order valence-electron chi connectivity index (χ3n) is 5.94. The molecule has 0 aliphatic heterocycles. The van der Waals surface area contributed by atoms with E-state index in [1.54, 1.807) is 24.6 Å². The number of Topliss-reactive ketones (excluding diaryl/α,β-unsaturated/α-hetero) is 1. The number of hydrogen-bond donors (Lipinski definition) is 5. The predicted octanol–water partition coefficient (Wildman–Crippen LogP) is 2.60. The van der Waals surface area contributed by atoms with E-state index in [4.69, 9.17) is 5.84 Å². The number of allylic oxidation sites excluding steroid dienone is 1. The number of amides is 3. The van der Waals surface area contributed by atoms with Gasteiger partial charge in [-0.3, -0.25) is 29.8 Å². The molecule has 35 heavy (non-hydrogen) atoms. The fourth-order valence-electron chi connectivity index (χ4n) is 4.75. The van der Waals surface area contributed by atoms with E-state index < -0.39 is 46.8 Å². The fourth-order valence-corrected chi connectivity index (χ4v) is 4.75. The molecule has 0 radical (unpaired) electrons. The van der Waals surface area contributed by atoms with Gasteiger partial charge in [-0.15, -0.1) is 0 Å². The smallest absolute Gasteiger partial charge is 0.248 e. The Hall–Kier alpha value is -3.04. The zero-order valence-electron chi connectivity index (χ0n) is 21.5. The summed E-state index contributed by atoms with van der Waals surface area (Å²) >= 11 is 0. The maximum absolute atomic E-state index is 14.1. The molecule has 0 saturated heterocycles. The van der Waals surface area contributed by atoms with E-state index in [0.717, 1.165) is 5.56 Å². The first kappa shape index (κ1) is 30.0. The highest BCUT2D eigenvalue weighted by molar-refractivity contribution is 6.00. The lowest BCUT2D eigenvalue weighted by molar-refractivity contribution is -0.152. The van der Waals surface area contributed by atoms with Crippen LogP contribution in [0.5, 0.6) is 0 Å². The molecule has 4 atom stereocenters. The first-order chi connectivity index (χ1) is 16.4. The second kappa shape index (κ2) is 13.7. The van der Waals surface area contributed by atoms with Gasteiger partial charge in [0.15, 0.2) is 5.78 Å². The number of rotatable bonds is 13. The minimum absolute atomic E-state index is 0.0241. The number of hydrogen-bond acceptors (Lipinski definition) is 6. The summed E-state index contributed by atoms with van der Waals surface area (Å²) in [5, 5.41) is 12.3. The average Bonchev–Trinajstić information content (AvgIpc) is 2.80.